The molecular formula is C28H30ClFN2O4. The summed E-state index contributed by atoms with van der Waals surface area (Å²) in [4.78, 5) is 41.6. The van der Waals surface area contributed by atoms with E-state index in [2.05, 4.69) is 0 Å². The number of carbonyl (C=O) groups excluding carboxylic acids is 3. The molecule has 1 heterocycles. The Kier molecular flexibility index (Phi) is 8.69. The van der Waals surface area contributed by atoms with E-state index in [1.807, 2.05) is 6.92 Å². The van der Waals surface area contributed by atoms with Crippen molar-refractivity contribution in [2.24, 2.45) is 0 Å². The molecule has 1 amide bonds. The summed E-state index contributed by atoms with van der Waals surface area (Å²) in [5.74, 6) is -1.64. The molecule has 0 radical (unpaired) electrons. The predicted molar refractivity (Wildman–Crippen MR) is 137 cm³/mol. The maximum atomic E-state index is 13.9. The number of halogens is 2. The molecule has 8 heteroatoms. The molecule has 36 heavy (non-hydrogen) atoms. The molecule has 1 atom stereocenters. The van der Waals surface area contributed by atoms with Crippen LogP contribution in [0.4, 0.5) is 4.39 Å². The maximum Gasteiger partial charge on any atom is 0.355 e. The summed E-state index contributed by atoms with van der Waals surface area (Å²) in [6.07, 6.45) is 0. The average Bonchev–Trinajstić information content (AvgIpc) is 3.11. The first-order valence-corrected chi connectivity index (χ1v) is 12.2. The van der Waals surface area contributed by atoms with Gasteiger partial charge in [-0.05, 0) is 70.0 Å². The van der Waals surface area contributed by atoms with Crippen LogP contribution >= 0.6 is 11.6 Å². The lowest BCUT2D eigenvalue weighted by Crippen LogP contribution is -2.43. The van der Waals surface area contributed by atoms with Gasteiger partial charge in [-0.15, -0.1) is 0 Å². The van der Waals surface area contributed by atoms with Crippen LogP contribution in [0.25, 0.3) is 0 Å². The van der Waals surface area contributed by atoms with Crippen molar-refractivity contribution in [3.63, 3.8) is 0 Å². The van der Waals surface area contributed by atoms with Gasteiger partial charge in [0.2, 0.25) is 0 Å². The van der Waals surface area contributed by atoms with Crippen molar-refractivity contribution < 1.29 is 23.5 Å². The third kappa shape index (κ3) is 5.36. The molecule has 1 aromatic heterocycles. The second-order valence-electron chi connectivity index (χ2n) is 8.48. The van der Waals surface area contributed by atoms with Gasteiger partial charge in [-0.2, -0.15) is 0 Å². The summed E-state index contributed by atoms with van der Waals surface area (Å²) in [5.41, 5.74) is 2.76. The molecule has 2 aromatic carbocycles. The van der Waals surface area contributed by atoms with Crippen LogP contribution in [-0.4, -0.2) is 39.8 Å². The summed E-state index contributed by atoms with van der Waals surface area (Å²) in [6.45, 7) is 9.49. The van der Waals surface area contributed by atoms with Gasteiger partial charge in [0.1, 0.15) is 11.5 Å². The van der Waals surface area contributed by atoms with Gasteiger partial charge in [-0.25, -0.2) is 9.18 Å². The van der Waals surface area contributed by atoms with Gasteiger partial charge < -0.3 is 14.2 Å². The Morgan fingerprint density at radius 2 is 1.69 bits per heavy atom. The number of rotatable bonds is 9. The normalized spacial score (nSPS) is 11.8. The Morgan fingerprint density at radius 1 is 1.06 bits per heavy atom. The number of benzene rings is 2. The predicted octanol–water partition coefficient (Wildman–Crippen LogP) is 6.01. The molecule has 3 rings (SSSR count). The summed E-state index contributed by atoms with van der Waals surface area (Å²) in [6, 6.07) is 11.5. The standard InChI is InChI=1S/C28H30ClFN2O4/c1-6-31-18(4)24(17(3)25(31)28(35)36-7-2)26(33)19(5)32(16-20-12-14-21(30)15-13-20)27(34)22-10-8-9-11-23(22)29/h8-15,19H,6-7,16H2,1-5H3/t19-/m1/s1. The number of ketones is 1. The number of carbonyl (C=O) groups is 3. The van der Waals surface area contributed by atoms with E-state index in [0.29, 0.717) is 34.6 Å². The van der Waals surface area contributed by atoms with Crippen molar-refractivity contribution in [2.75, 3.05) is 6.61 Å². The van der Waals surface area contributed by atoms with Gasteiger partial charge in [-0.3, -0.25) is 9.59 Å². The maximum absolute atomic E-state index is 13.9. The van der Waals surface area contributed by atoms with E-state index in [-0.39, 0.29) is 29.5 Å². The van der Waals surface area contributed by atoms with Gasteiger partial charge in [0.15, 0.2) is 5.78 Å². The van der Waals surface area contributed by atoms with E-state index < -0.39 is 23.7 Å². The number of ether oxygens (including phenoxy) is 1. The summed E-state index contributed by atoms with van der Waals surface area (Å²) >= 11 is 6.31. The molecule has 6 nitrogen and oxygen atoms in total. The second kappa shape index (κ2) is 11.5. The molecule has 0 saturated heterocycles. The largest absolute Gasteiger partial charge is 0.461 e. The highest BCUT2D eigenvalue weighted by Crippen LogP contribution is 2.27. The lowest BCUT2D eigenvalue weighted by atomic mass is 9.98. The van der Waals surface area contributed by atoms with Crippen molar-refractivity contribution in [2.45, 2.75) is 53.8 Å². The Labute approximate surface area is 215 Å². The zero-order valence-electron chi connectivity index (χ0n) is 21.1. The van der Waals surface area contributed by atoms with Crippen molar-refractivity contribution >= 4 is 29.3 Å². The van der Waals surface area contributed by atoms with Crippen LogP contribution in [0.1, 0.15) is 68.8 Å². The molecule has 0 N–H and O–H groups in total. The van der Waals surface area contributed by atoms with Gasteiger partial charge in [0, 0.05) is 24.3 Å². The molecular weight excluding hydrogens is 483 g/mol. The lowest BCUT2D eigenvalue weighted by molar-refractivity contribution is 0.0512. The molecule has 0 aliphatic carbocycles. The molecule has 3 aromatic rings. The first-order valence-electron chi connectivity index (χ1n) is 11.8. The van der Waals surface area contributed by atoms with Gasteiger partial charge in [0.25, 0.3) is 5.91 Å². The minimum Gasteiger partial charge on any atom is -0.461 e. The molecule has 0 aliphatic heterocycles. The Bertz CT molecular complexity index is 1280. The van der Waals surface area contributed by atoms with E-state index in [0.717, 1.165) is 0 Å². The molecule has 0 bridgehead atoms. The highest BCUT2D eigenvalue weighted by atomic mass is 35.5. The average molecular weight is 513 g/mol. The highest BCUT2D eigenvalue weighted by Gasteiger charge is 2.33. The molecule has 0 unspecified atom stereocenters. The van der Waals surface area contributed by atoms with Crippen LogP contribution in [0.15, 0.2) is 48.5 Å². The van der Waals surface area contributed by atoms with Crippen LogP contribution in [-0.2, 0) is 17.8 Å². The zero-order chi connectivity index (χ0) is 26.6. The van der Waals surface area contributed by atoms with E-state index in [1.165, 1.54) is 17.0 Å². The van der Waals surface area contributed by atoms with Gasteiger partial charge >= 0.3 is 5.97 Å². The van der Waals surface area contributed by atoms with Crippen molar-refractivity contribution in [3.8, 4) is 0 Å². The zero-order valence-corrected chi connectivity index (χ0v) is 21.9. The van der Waals surface area contributed by atoms with Gasteiger partial charge in [0.05, 0.1) is 23.2 Å². The lowest BCUT2D eigenvalue weighted by Gasteiger charge is -2.29. The summed E-state index contributed by atoms with van der Waals surface area (Å²) < 4.78 is 20.5. The van der Waals surface area contributed by atoms with Crippen LogP contribution < -0.4 is 0 Å². The molecule has 0 fully saturated rings. The fraction of sp³-hybridized carbons (Fsp3) is 0.321. The van der Waals surface area contributed by atoms with Gasteiger partial charge in [-0.1, -0.05) is 35.9 Å². The van der Waals surface area contributed by atoms with Crippen molar-refractivity contribution in [1.29, 1.82) is 0 Å². The first-order chi connectivity index (χ1) is 17.1. The van der Waals surface area contributed by atoms with Crippen LogP contribution in [0.2, 0.25) is 5.02 Å². The number of amides is 1. The van der Waals surface area contributed by atoms with Crippen LogP contribution in [0.3, 0.4) is 0 Å². The SMILES string of the molecule is CCOC(=O)c1c(C)c(C(=O)[C@@H](C)N(Cc2ccc(F)cc2)C(=O)c2ccccc2Cl)c(C)n1CC. The van der Waals surface area contributed by atoms with E-state index in [1.54, 1.807) is 68.7 Å². The van der Waals surface area contributed by atoms with Crippen molar-refractivity contribution in [3.05, 3.63) is 93.0 Å². The van der Waals surface area contributed by atoms with E-state index in [9.17, 15) is 18.8 Å². The molecule has 0 aliphatic rings. The number of aromatic nitrogens is 1. The van der Waals surface area contributed by atoms with E-state index in [4.69, 9.17) is 16.3 Å². The quantitative estimate of drug-likeness (QED) is 0.260. The highest BCUT2D eigenvalue weighted by molar-refractivity contribution is 6.33. The molecule has 0 saturated carbocycles. The third-order valence-corrected chi connectivity index (χ3v) is 6.61. The topological polar surface area (TPSA) is 68.6 Å². The number of nitrogens with zero attached hydrogens (tertiary/aromatic N) is 2. The summed E-state index contributed by atoms with van der Waals surface area (Å²) in [7, 11) is 0. The summed E-state index contributed by atoms with van der Waals surface area (Å²) in [5, 5.41) is 0.264. The smallest absolute Gasteiger partial charge is 0.355 e. The monoisotopic (exact) mass is 512 g/mol. The minimum absolute atomic E-state index is 0.0640. The Balaban J connectivity index is 2.07. The van der Waals surface area contributed by atoms with E-state index >= 15 is 0 Å². The second-order valence-corrected chi connectivity index (χ2v) is 8.89. The number of hydrogen-bond donors (Lipinski definition) is 0. The first kappa shape index (κ1) is 27.1. The fourth-order valence-electron chi connectivity index (χ4n) is 4.43. The van der Waals surface area contributed by atoms with Crippen molar-refractivity contribution in [1.82, 2.24) is 9.47 Å². The van der Waals surface area contributed by atoms with Crippen LogP contribution in [0.5, 0.6) is 0 Å². The third-order valence-electron chi connectivity index (χ3n) is 6.28. The van der Waals surface area contributed by atoms with Crippen LogP contribution in [0, 0.1) is 19.7 Å². The minimum atomic E-state index is -0.904. The Hall–Kier alpha value is -3.45. The Morgan fingerprint density at radius 3 is 2.28 bits per heavy atom. The number of esters is 1. The molecule has 0 spiro atoms. The molecule has 190 valence electrons. The number of hydrogen-bond acceptors (Lipinski definition) is 4. The fourth-order valence-corrected chi connectivity index (χ4v) is 4.64. The number of Topliss-reactive ketones (excluding diaryl/α,β-unsaturated/α-hetero) is 1.